The van der Waals surface area contributed by atoms with E-state index in [1.807, 2.05) is 59.3 Å². The SMILES string of the molecule is CCCCS(=O)c1sc2nc(-c3nc(CCCCS(=O)c4sc5nc(-c6nccs6)cc(-c6ccc(C(=O)NCCO)cc6)c5c4N)cs3)cc(-c3ccc(CN)cc3)c2c1N. The lowest BCUT2D eigenvalue weighted by atomic mass is 10.0. The van der Waals surface area contributed by atoms with Gasteiger partial charge in [-0.15, -0.1) is 45.3 Å². The quantitative estimate of drug-likeness (QED) is 0.0513. The average Bonchev–Trinajstić information content (AvgIpc) is 4.13. The summed E-state index contributed by atoms with van der Waals surface area (Å²) in [6.45, 7) is 2.55. The molecule has 62 heavy (non-hydrogen) atoms. The van der Waals surface area contributed by atoms with E-state index >= 15 is 0 Å². The molecule has 6 heterocycles. The number of amides is 1. The van der Waals surface area contributed by atoms with Crippen LogP contribution in [0.3, 0.4) is 0 Å². The normalized spacial score (nSPS) is 12.6. The minimum Gasteiger partial charge on any atom is -0.396 e. The molecule has 320 valence electrons. The lowest BCUT2D eigenvalue weighted by molar-refractivity contribution is 0.0944. The van der Waals surface area contributed by atoms with Crippen LogP contribution >= 0.6 is 45.3 Å². The summed E-state index contributed by atoms with van der Waals surface area (Å²) in [7, 11) is -2.59. The fourth-order valence-corrected chi connectivity index (χ4v) is 13.9. The van der Waals surface area contributed by atoms with Gasteiger partial charge in [0, 0.05) is 57.9 Å². The van der Waals surface area contributed by atoms with Crippen molar-refractivity contribution in [3.63, 3.8) is 0 Å². The number of pyridine rings is 2. The zero-order valence-electron chi connectivity index (χ0n) is 33.7. The molecule has 2 unspecified atom stereocenters. The number of fused-ring (bicyclic) bond motifs is 2. The van der Waals surface area contributed by atoms with Crippen LogP contribution in [0.4, 0.5) is 11.4 Å². The number of aromatic nitrogens is 4. The zero-order valence-corrected chi connectivity index (χ0v) is 38.6. The number of aryl methyl sites for hydroxylation is 1. The summed E-state index contributed by atoms with van der Waals surface area (Å²) in [5, 5.41) is 18.8. The van der Waals surface area contributed by atoms with Gasteiger partial charge in [-0.1, -0.05) is 49.7 Å². The summed E-state index contributed by atoms with van der Waals surface area (Å²) >= 11 is 5.74. The molecule has 0 saturated carbocycles. The summed E-state index contributed by atoms with van der Waals surface area (Å²) in [5.74, 6) is 0.704. The van der Waals surface area contributed by atoms with E-state index in [4.69, 9.17) is 37.3 Å². The van der Waals surface area contributed by atoms with Gasteiger partial charge in [0.1, 0.15) is 39.5 Å². The maximum Gasteiger partial charge on any atom is 0.251 e. The number of hydrogen-bond acceptors (Lipinski definition) is 15. The monoisotopic (exact) mass is 940 g/mol. The highest BCUT2D eigenvalue weighted by molar-refractivity contribution is 7.88. The second-order valence-electron chi connectivity index (χ2n) is 14.4. The van der Waals surface area contributed by atoms with Gasteiger partial charge in [0.15, 0.2) is 0 Å². The fraction of sp³-hybridized carbons (Fsp3) is 0.250. The Morgan fingerprint density at radius 1 is 0.774 bits per heavy atom. The largest absolute Gasteiger partial charge is 0.396 e. The van der Waals surface area contributed by atoms with Gasteiger partial charge in [-0.25, -0.2) is 19.9 Å². The van der Waals surface area contributed by atoms with Crippen molar-refractivity contribution in [3.05, 3.63) is 94.4 Å². The molecule has 0 spiro atoms. The second kappa shape index (κ2) is 19.7. The van der Waals surface area contributed by atoms with Crippen LogP contribution in [0.15, 0.2) is 86.0 Å². The van der Waals surface area contributed by atoms with Gasteiger partial charge in [-0.3, -0.25) is 13.2 Å². The van der Waals surface area contributed by atoms with Gasteiger partial charge in [-0.05, 0) is 77.8 Å². The number of thiazole rings is 2. The van der Waals surface area contributed by atoms with Gasteiger partial charge < -0.3 is 27.6 Å². The number of aliphatic hydroxyl groups excluding tert-OH is 1. The van der Waals surface area contributed by atoms with Gasteiger partial charge >= 0.3 is 0 Å². The molecular weight excluding hydrogens is 897 g/mol. The Labute approximate surface area is 379 Å². The Kier molecular flexibility index (Phi) is 13.9. The first-order valence-corrected chi connectivity index (χ1v) is 26.1. The number of nitrogens with two attached hydrogens (primary N) is 3. The minimum absolute atomic E-state index is 0.143. The van der Waals surface area contributed by atoms with Crippen molar-refractivity contribution in [1.29, 1.82) is 0 Å². The molecular formula is C44H44N8O4S6. The Balaban J connectivity index is 0.996. The van der Waals surface area contributed by atoms with Crippen LogP contribution in [0.5, 0.6) is 0 Å². The average molecular weight is 941 g/mol. The van der Waals surface area contributed by atoms with Crippen molar-refractivity contribution in [3.8, 4) is 43.7 Å². The van der Waals surface area contributed by atoms with Crippen LogP contribution in [0, 0.1) is 0 Å². The number of rotatable bonds is 18. The first kappa shape index (κ1) is 43.8. The highest BCUT2D eigenvalue weighted by Gasteiger charge is 2.24. The number of nitrogen functional groups attached to an aromatic ring is 2. The number of hydrogen-bond donors (Lipinski definition) is 5. The van der Waals surface area contributed by atoms with Crippen molar-refractivity contribution < 1.29 is 18.3 Å². The van der Waals surface area contributed by atoms with Crippen LogP contribution in [0.2, 0.25) is 0 Å². The summed E-state index contributed by atoms with van der Waals surface area (Å²) in [4.78, 5) is 33.3. The summed E-state index contributed by atoms with van der Waals surface area (Å²) < 4.78 is 28.5. The molecule has 0 radical (unpaired) electrons. The predicted octanol–water partition coefficient (Wildman–Crippen LogP) is 8.87. The molecule has 12 nitrogen and oxygen atoms in total. The molecule has 18 heteroatoms. The third-order valence-electron chi connectivity index (χ3n) is 10.2. The molecule has 0 aliphatic rings. The number of nitrogens with one attached hydrogen (secondary N) is 1. The molecule has 8 rings (SSSR count). The maximum absolute atomic E-state index is 13.9. The molecule has 0 fully saturated rings. The van der Waals surface area contributed by atoms with Crippen molar-refractivity contribution in [2.45, 2.75) is 54.0 Å². The van der Waals surface area contributed by atoms with Gasteiger partial charge in [0.05, 0.1) is 45.3 Å². The Hall–Kier alpha value is -4.79. The van der Waals surface area contributed by atoms with Crippen molar-refractivity contribution in [2.24, 2.45) is 5.73 Å². The smallest absolute Gasteiger partial charge is 0.251 e. The van der Waals surface area contributed by atoms with Crippen LogP contribution in [0.25, 0.3) is 64.1 Å². The van der Waals surface area contributed by atoms with E-state index in [1.54, 1.807) is 18.3 Å². The molecule has 0 aliphatic heterocycles. The molecule has 8 N–H and O–H groups in total. The molecule has 2 aromatic carbocycles. The minimum atomic E-state index is -1.37. The number of nitrogens with zero attached hydrogens (tertiary/aromatic N) is 4. The number of unbranched alkanes of at least 4 members (excludes halogenated alkanes) is 2. The van der Waals surface area contributed by atoms with Crippen molar-refractivity contribution >= 4 is 105 Å². The van der Waals surface area contributed by atoms with Crippen LogP contribution in [0.1, 0.15) is 54.2 Å². The highest BCUT2D eigenvalue weighted by atomic mass is 32.2. The van der Waals surface area contributed by atoms with E-state index in [-0.39, 0.29) is 19.1 Å². The number of aliphatic hydroxyl groups is 1. The first-order valence-electron chi connectivity index (χ1n) is 20.0. The fourth-order valence-electron chi connectivity index (χ4n) is 7.00. The number of thiophene rings is 2. The molecule has 2 atom stereocenters. The number of anilines is 2. The van der Waals surface area contributed by atoms with E-state index in [9.17, 15) is 13.2 Å². The summed E-state index contributed by atoms with van der Waals surface area (Å²) in [5.41, 5.74) is 27.8. The summed E-state index contributed by atoms with van der Waals surface area (Å²) in [6.07, 6.45) is 5.70. The van der Waals surface area contributed by atoms with Gasteiger partial charge in [0.25, 0.3) is 5.91 Å². The second-order valence-corrected chi connectivity index (χ2v) is 21.7. The Morgan fingerprint density at radius 2 is 1.37 bits per heavy atom. The number of carbonyl (C=O) groups excluding carboxylic acids is 1. The third kappa shape index (κ3) is 9.28. The van der Waals surface area contributed by atoms with E-state index in [0.717, 1.165) is 84.1 Å². The van der Waals surface area contributed by atoms with Gasteiger partial charge in [0.2, 0.25) is 0 Å². The van der Waals surface area contributed by atoms with Crippen molar-refractivity contribution in [1.82, 2.24) is 25.3 Å². The van der Waals surface area contributed by atoms with E-state index in [0.29, 0.717) is 66.8 Å². The zero-order chi connectivity index (χ0) is 43.3. The third-order valence-corrected chi connectivity index (χ3v) is 17.9. The van der Waals surface area contributed by atoms with E-state index in [1.165, 1.54) is 45.3 Å². The van der Waals surface area contributed by atoms with Crippen LogP contribution < -0.4 is 22.5 Å². The topological polar surface area (TPSA) is 213 Å². The molecule has 8 aromatic rings. The van der Waals surface area contributed by atoms with Crippen molar-refractivity contribution in [2.75, 3.05) is 36.1 Å². The Morgan fingerprint density at radius 3 is 1.94 bits per heavy atom. The number of benzene rings is 2. The van der Waals surface area contributed by atoms with Crippen LogP contribution in [-0.4, -0.2) is 64.0 Å². The molecule has 0 bridgehead atoms. The van der Waals surface area contributed by atoms with Crippen LogP contribution in [-0.2, 0) is 34.6 Å². The molecule has 0 saturated heterocycles. The van der Waals surface area contributed by atoms with Gasteiger partial charge in [-0.2, -0.15) is 0 Å². The van der Waals surface area contributed by atoms with E-state index in [2.05, 4.69) is 17.2 Å². The maximum atomic E-state index is 13.9. The lowest BCUT2D eigenvalue weighted by Crippen LogP contribution is -2.26. The molecule has 0 aliphatic carbocycles. The Bertz CT molecular complexity index is 2910. The summed E-state index contributed by atoms with van der Waals surface area (Å²) in [6, 6.07) is 19.2. The molecule has 6 aromatic heterocycles. The predicted molar refractivity (Wildman–Crippen MR) is 259 cm³/mol. The highest BCUT2D eigenvalue weighted by Crippen LogP contribution is 2.45. The lowest BCUT2D eigenvalue weighted by Gasteiger charge is -2.09. The number of carbonyl (C=O) groups is 1. The standard InChI is InChI=1S/C44H44N8O4S6/c1-2-3-19-61(55)43-36(46)35-31(26-9-7-25(23-45)8-10-26)22-33(52-42(35)60-43)40-50-29(24-58-40)6-4-5-20-62(56)44-37(47)34-30(21-32(51-41(34)59-44)39-49-16-18-57-39)27-11-13-28(14-12-27)38(54)48-15-17-53/h7-14,16,18,21-22,24,53H,2-6,15,17,19-20,23,45-47H2,1H3,(H,48,54). The first-order chi connectivity index (χ1) is 30.2. The molecule has 1 amide bonds. The van der Waals surface area contributed by atoms with E-state index < -0.39 is 21.6 Å².